The number of aromatic amines is 1. The number of esters is 1. The molecule has 3 rings (SSSR count). The van der Waals surface area contributed by atoms with E-state index in [4.69, 9.17) is 4.74 Å². The lowest BCUT2D eigenvalue weighted by Crippen LogP contribution is -2.35. The van der Waals surface area contributed by atoms with Crippen molar-refractivity contribution in [3.63, 3.8) is 0 Å². The number of benzene rings is 2. The van der Waals surface area contributed by atoms with Crippen LogP contribution in [0.4, 0.5) is 0 Å². The third-order valence-corrected chi connectivity index (χ3v) is 4.71. The predicted molar refractivity (Wildman–Crippen MR) is 110 cm³/mol. The summed E-state index contributed by atoms with van der Waals surface area (Å²) in [4.78, 5) is 29.7. The third-order valence-electron chi connectivity index (χ3n) is 4.71. The van der Waals surface area contributed by atoms with Gasteiger partial charge < -0.3 is 14.6 Å². The van der Waals surface area contributed by atoms with Crippen molar-refractivity contribution in [1.29, 1.82) is 0 Å². The van der Waals surface area contributed by atoms with E-state index in [2.05, 4.69) is 4.98 Å². The summed E-state index contributed by atoms with van der Waals surface area (Å²) in [5.74, 6) is -0.570. The summed E-state index contributed by atoms with van der Waals surface area (Å²) in [6, 6.07) is 15.9. The van der Waals surface area contributed by atoms with Gasteiger partial charge in [0.05, 0.1) is 6.42 Å². The van der Waals surface area contributed by atoms with Gasteiger partial charge in [-0.25, -0.2) is 0 Å². The van der Waals surface area contributed by atoms with Crippen molar-refractivity contribution in [1.82, 2.24) is 9.88 Å². The van der Waals surface area contributed by atoms with E-state index in [-0.39, 0.29) is 18.9 Å². The molecule has 0 spiro atoms. The van der Waals surface area contributed by atoms with Gasteiger partial charge in [0.2, 0.25) is 0 Å². The summed E-state index contributed by atoms with van der Waals surface area (Å²) in [6.07, 6.45) is 2.80. The minimum atomic E-state index is -0.398. The number of fused-ring (bicyclic) bond motifs is 1. The van der Waals surface area contributed by atoms with Crippen LogP contribution in [0.3, 0.4) is 0 Å². The number of para-hydroxylation sites is 1. The highest BCUT2D eigenvalue weighted by atomic mass is 16.5. The van der Waals surface area contributed by atoms with E-state index in [1.54, 1.807) is 4.90 Å². The van der Waals surface area contributed by atoms with Crippen LogP contribution >= 0.6 is 0 Å². The minimum absolute atomic E-state index is 0.142. The Morgan fingerprint density at radius 3 is 2.57 bits per heavy atom. The number of carbonyl (C=O) groups is 2. The maximum absolute atomic E-state index is 12.6. The van der Waals surface area contributed by atoms with Crippen LogP contribution in [0.15, 0.2) is 54.7 Å². The van der Waals surface area contributed by atoms with Gasteiger partial charge in [-0.1, -0.05) is 55.0 Å². The van der Waals surface area contributed by atoms with Crippen molar-refractivity contribution >= 4 is 22.8 Å². The zero-order chi connectivity index (χ0) is 19.9. The largest absolute Gasteiger partial charge is 0.455 e. The normalized spacial score (nSPS) is 10.8. The summed E-state index contributed by atoms with van der Waals surface area (Å²) in [5, 5.41) is 0.998. The molecule has 0 aliphatic heterocycles. The fraction of sp³-hybridized carbons (Fsp3) is 0.304. The summed E-state index contributed by atoms with van der Waals surface area (Å²) >= 11 is 0. The van der Waals surface area contributed by atoms with Crippen LogP contribution in [-0.4, -0.2) is 34.9 Å². The fourth-order valence-corrected chi connectivity index (χ4v) is 3.19. The number of ether oxygens (including phenoxy) is 1. The highest BCUT2D eigenvalue weighted by Crippen LogP contribution is 2.18. The first-order chi connectivity index (χ1) is 13.6. The first-order valence-corrected chi connectivity index (χ1v) is 9.60. The van der Waals surface area contributed by atoms with Gasteiger partial charge in [0.15, 0.2) is 6.61 Å². The number of aryl methyl sites for hydroxylation is 1. The second-order valence-electron chi connectivity index (χ2n) is 7.00. The van der Waals surface area contributed by atoms with Gasteiger partial charge >= 0.3 is 5.97 Å². The highest BCUT2D eigenvalue weighted by Gasteiger charge is 2.16. The van der Waals surface area contributed by atoms with Crippen LogP contribution in [0.2, 0.25) is 0 Å². The van der Waals surface area contributed by atoms with Crippen LogP contribution in [0.5, 0.6) is 0 Å². The van der Waals surface area contributed by atoms with E-state index >= 15 is 0 Å². The number of carbonyl (C=O) groups excluding carboxylic acids is 2. The molecule has 0 atom stereocenters. The maximum Gasteiger partial charge on any atom is 0.310 e. The molecule has 0 aliphatic rings. The molecule has 0 fully saturated rings. The molecule has 0 saturated carbocycles. The van der Waals surface area contributed by atoms with Crippen molar-refractivity contribution in [2.24, 2.45) is 0 Å². The van der Waals surface area contributed by atoms with Crippen LogP contribution in [-0.2, 0) is 27.3 Å². The number of aromatic nitrogens is 1. The van der Waals surface area contributed by atoms with Crippen LogP contribution < -0.4 is 0 Å². The molecule has 3 aromatic rings. The maximum atomic E-state index is 12.6. The Morgan fingerprint density at radius 2 is 1.82 bits per heavy atom. The van der Waals surface area contributed by atoms with Crippen molar-refractivity contribution in [3.05, 3.63) is 71.4 Å². The minimum Gasteiger partial charge on any atom is -0.455 e. The van der Waals surface area contributed by atoms with E-state index in [0.717, 1.165) is 28.5 Å². The van der Waals surface area contributed by atoms with Crippen molar-refractivity contribution in [2.45, 2.75) is 33.2 Å². The lowest BCUT2D eigenvalue weighted by atomic mass is 10.1. The lowest BCUT2D eigenvalue weighted by Gasteiger charge is -2.22. The number of hydrogen-bond donors (Lipinski definition) is 1. The van der Waals surface area contributed by atoms with Crippen LogP contribution in [0, 0.1) is 6.92 Å². The topological polar surface area (TPSA) is 62.4 Å². The van der Waals surface area contributed by atoms with Gasteiger partial charge in [-0.3, -0.25) is 9.59 Å². The quantitative estimate of drug-likeness (QED) is 0.603. The Balaban J connectivity index is 1.55. The molecule has 1 amide bonds. The molecule has 5 nitrogen and oxygen atoms in total. The second kappa shape index (κ2) is 9.22. The smallest absolute Gasteiger partial charge is 0.310 e. The Hall–Kier alpha value is -3.08. The van der Waals surface area contributed by atoms with Gasteiger partial charge in [-0.05, 0) is 30.5 Å². The Morgan fingerprint density at radius 1 is 1.07 bits per heavy atom. The first-order valence-electron chi connectivity index (χ1n) is 9.60. The molecule has 5 heteroatoms. The third kappa shape index (κ3) is 5.00. The van der Waals surface area contributed by atoms with Crippen molar-refractivity contribution in [3.8, 4) is 0 Å². The van der Waals surface area contributed by atoms with Crippen molar-refractivity contribution in [2.75, 3.05) is 13.2 Å². The molecule has 1 N–H and O–H groups in total. The number of rotatable bonds is 8. The Kier molecular flexibility index (Phi) is 6.48. The number of nitrogens with zero attached hydrogens (tertiary/aromatic N) is 1. The standard InChI is InChI=1S/C23H26N2O3/c1-3-12-25(15-18-10-8-17(2)9-11-18)22(26)16-28-23(27)13-19-14-24-21-7-5-4-6-20(19)21/h4-11,14,24H,3,12-13,15-16H2,1-2H3. The number of amides is 1. The first kappa shape index (κ1) is 19.7. The monoisotopic (exact) mass is 378 g/mol. The predicted octanol–water partition coefficient (Wildman–Crippen LogP) is 4.00. The average Bonchev–Trinajstić information content (AvgIpc) is 3.10. The average molecular weight is 378 g/mol. The number of nitrogens with one attached hydrogen (secondary N) is 1. The van der Waals surface area contributed by atoms with E-state index < -0.39 is 5.97 Å². The molecule has 0 bridgehead atoms. The van der Waals surface area contributed by atoms with Gasteiger partial charge in [-0.2, -0.15) is 0 Å². The number of hydrogen-bond acceptors (Lipinski definition) is 3. The Labute approximate surface area is 165 Å². The number of H-pyrrole nitrogens is 1. The molecular formula is C23H26N2O3. The SMILES string of the molecule is CCCN(Cc1ccc(C)cc1)C(=O)COC(=O)Cc1c[nH]c2ccccc12. The summed E-state index contributed by atoms with van der Waals surface area (Å²) in [5.41, 5.74) is 4.10. The van der Waals surface area contributed by atoms with Gasteiger partial charge in [0.1, 0.15) is 0 Å². The van der Waals surface area contributed by atoms with Crippen molar-refractivity contribution < 1.29 is 14.3 Å². The Bertz CT molecular complexity index is 944. The molecular weight excluding hydrogens is 352 g/mol. The molecule has 0 radical (unpaired) electrons. The van der Waals surface area contributed by atoms with Crippen LogP contribution in [0.1, 0.15) is 30.0 Å². The molecule has 2 aromatic carbocycles. The summed E-state index contributed by atoms with van der Waals surface area (Å²) in [6.45, 7) is 4.98. The summed E-state index contributed by atoms with van der Waals surface area (Å²) < 4.78 is 5.27. The lowest BCUT2D eigenvalue weighted by molar-refractivity contribution is -0.151. The molecule has 0 aliphatic carbocycles. The molecule has 0 unspecified atom stereocenters. The molecule has 1 aromatic heterocycles. The molecule has 1 heterocycles. The van der Waals surface area contributed by atoms with E-state index in [1.807, 2.05) is 68.6 Å². The van der Waals surface area contributed by atoms with E-state index in [0.29, 0.717) is 13.1 Å². The zero-order valence-electron chi connectivity index (χ0n) is 16.4. The molecule has 0 saturated heterocycles. The van der Waals surface area contributed by atoms with Gasteiger partial charge in [0.25, 0.3) is 5.91 Å². The fourth-order valence-electron chi connectivity index (χ4n) is 3.19. The van der Waals surface area contributed by atoms with Crippen LogP contribution in [0.25, 0.3) is 10.9 Å². The van der Waals surface area contributed by atoms with E-state index in [9.17, 15) is 9.59 Å². The zero-order valence-corrected chi connectivity index (χ0v) is 16.4. The molecule has 146 valence electrons. The second-order valence-corrected chi connectivity index (χ2v) is 7.00. The van der Waals surface area contributed by atoms with E-state index in [1.165, 1.54) is 5.56 Å². The summed E-state index contributed by atoms with van der Waals surface area (Å²) in [7, 11) is 0. The van der Waals surface area contributed by atoms with Gasteiger partial charge in [-0.15, -0.1) is 0 Å². The van der Waals surface area contributed by atoms with Gasteiger partial charge in [0, 0.05) is 30.2 Å². The highest BCUT2D eigenvalue weighted by molar-refractivity contribution is 5.88. The molecule has 28 heavy (non-hydrogen) atoms.